The van der Waals surface area contributed by atoms with Gasteiger partial charge in [0.15, 0.2) is 5.13 Å². The molecule has 10 heteroatoms. The third-order valence-corrected chi connectivity index (χ3v) is 6.02. The van der Waals surface area contributed by atoms with Crippen molar-refractivity contribution in [2.45, 2.75) is 26.7 Å². The molecule has 184 valence electrons. The van der Waals surface area contributed by atoms with Crippen LogP contribution in [0.2, 0.25) is 5.02 Å². The molecule has 3 amide bonds. The quantitative estimate of drug-likeness (QED) is 0.405. The van der Waals surface area contributed by atoms with E-state index in [-0.39, 0.29) is 36.6 Å². The number of carbonyl (C=O) groups excluding carboxylic acids is 3. The lowest BCUT2D eigenvalue weighted by molar-refractivity contribution is -0.120. The van der Waals surface area contributed by atoms with Gasteiger partial charge in [-0.2, -0.15) is 0 Å². The van der Waals surface area contributed by atoms with Gasteiger partial charge in [0.1, 0.15) is 6.54 Å². The van der Waals surface area contributed by atoms with E-state index in [1.54, 1.807) is 35.8 Å². The first-order valence-electron chi connectivity index (χ1n) is 11.3. The fourth-order valence-corrected chi connectivity index (χ4v) is 4.29. The van der Waals surface area contributed by atoms with Crippen LogP contribution in [-0.4, -0.2) is 52.2 Å². The zero-order valence-electron chi connectivity index (χ0n) is 19.7. The van der Waals surface area contributed by atoms with E-state index in [1.165, 1.54) is 16.2 Å². The molecule has 3 rings (SSSR count). The molecule has 0 spiro atoms. The van der Waals surface area contributed by atoms with Crippen molar-refractivity contribution in [1.29, 1.82) is 0 Å². The smallest absolute Gasteiger partial charge is 0.255 e. The normalized spacial score (nSPS) is 10.7. The number of halogens is 1. The average molecular weight is 514 g/mol. The highest BCUT2D eigenvalue weighted by atomic mass is 35.5. The lowest BCUT2D eigenvalue weighted by Crippen LogP contribution is -2.40. The summed E-state index contributed by atoms with van der Waals surface area (Å²) in [6.07, 6.45) is 2.47. The first kappa shape index (κ1) is 26.3. The Morgan fingerprint density at radius 2 is 1.83 bits per heavy atom. The number of aromatic nitrogens is 2. The lowest BCUT2D eigenvalue weighted by Gasteiger charge is -2.24. The number of thiazole rings is 1. The predicted octanol–water partition coefficient (Wildman–Crippen LogP) is 3.83. The van der Waals surface area contributed by atoms with E-state index < -0.39 is 0 Å². The van der Waals surface area contributed by atoms with Gasteiger partial charge in [-0.1, -0.05) is 43.6 Å². The Balaban J connectivity index is 1.51. The topological polar surface area (TPSA) is 104 Å². The van der Waals surface area contributed by atoms with E-state index in [9.17, 15) is 14.4 Å². The highest BCUT2D eigenvalue weighted by Gasteiger charge is 2.22. The summed E-state index contributed by atoms with van der Waals surface area (Å²) in [7, 11) is 0. The second-order valence-electron chi connectivity index (χ2n) is 8.35. The monoisotopic (exact) mass is 513 g/mol. The van der Waals surface area contributed by atoms with Gasteiger partial charge < -0.3 is 15.5 Å². The highest BCUT2D eigenvalue weighted by Crippen LogP contribution is 2.19. The van der Waals surface area contributed by atoms with Crippen LogP contribution in [0.1, 0.15) is 35.6 Å². The first-order valence-corrected chi connectivity index (χ1v) is 12.5. The Bertz CT molecular complexity index is 1150. The number of pyridine rings is 1. The van der Waals surface area contributed by atoms with Gasteiger partial charge in [-0.05, 0) is 30.2 Å². The summed E-state index contributed by atoms with van der Waals surface area (Å²) in [6.45, 7) is 4.69. The van der Waals surface area contributed by atoms with Crippen molar-refractivity contribution in [2.24, 2.45) is 5.92 Å². The molecule has 35 heavy (non-hydrogen) atoms. The maximum Gasteiger partial charge on any atom is 0.255 e. The lowest BCUT2D eigenvalue weighted by atomic mass is 10.1. The molecule has 0 aliphatic rings. The van der Waals surface area contributed by atoms with Crippen LogP contribution in [-0.2, 0) is 22.4 Å². The number of amides is 3. The van der Waals surface area contributed by atoms with Crippen molar-refractivity contribution in [1.82, 2.24) is 20.2 Å². The SMILES string of the molecule is CC(C)CN(CC(=O)Nc1nc(CC(=O)NCCc2ccccn2)cs1)C(=O)c1ccccc1Cl. The van der Waals surface area contributed by atoms with Crippen LogP contribution in [0, 0.1) is 5.92 Å². The zero-order valence-corrected chi connectivity index (χ0v) is 21.2. The Morgan fingerprint density at radius 1 is 1.06 bits per heavy atom. The second-order valence-corrected chi connectivity index (χ2v) is 9.61. The van der Waals surface area contributed by atoms with Gasteiger partial charge in [-0.3, -0.25) is 19.4 Å². The maximum absolute atomic E-state index is 13.0. The van der Waals surface area contributed by atoms with Crippen molar-refractivity contribution in [3.63, 3.8) is 0 Å². The molecule has 2 N–H and O–H groups in total. The summed E-state index contributed by atoms with van der Waals surface area (Å²) in [4.78, 5) is 47.9. The average Bonchev–Trinajstić information content (AvgIpc) is 3.25. The molecule has 0 bridgehead atoms. The number of hydrogen-bond acceptors (Lipinski definition) is 6. The minimum Gasteiger partial charge on any atom is -0.355 e. The minimum atomic E-state index is -0.369. The molecule has 0 atom stereocenters. The number of carbonyl (C=O) groups is 3. The molecule has 2 aromatic heterocycles. The van der Waals surface area contributed by atoms with Gasteiger partial charge in [-0.25, -0.2) is 4.98 Å². The van der Waals surface area contributed by atoms with Gasteiger partial charge in [0.25, 0.3) is 5.91 Å². The number of benzene rings is 1. The van der Waals surface area contributed by atoms with E-state index in [2.05, 4.69) is 20.6 Å². The number of rotatable bonds is 11. The molecule has 3 aromatic rings. The summed E-state index contributed by atoms with van der Waals surface area (Å²) < 4.78 is 0. The zero-order chi connectivity index (χ0) is 25.2. The van der Waals surface area contributed by atoms with E-state index in [1.807, 2.05) is 32.0 Å². The second kappa shape index (κ2) is 13.0. The third kappa shape index (κ3) is 8.45. The van der Waals surface area contributed by atoms with Crippen molar-refractivity contribution in [3.05, 3.63) is 76.0 Å². The molecule has 0 aliphatic carbocycles. The van der Waals surface area contributed by atoms with Crippen LogP contribution in [0.3, 0.4) is 0 Å². The molecular formula is C25H28ClN5O3S. The predicted molar refractivity (Wildman–Crippen MR) is 138 cm³/mol. The van der Waals surface area contributed by atoms with Crippen molar-refractivity contribution < 1.29 is 14.4 Å². The largest absolute Gasteiger partial charge is 0.355 e. The van der Waals surface area contributed by atoms with Crippen molar-refractivity contribution in [2.75, 3.05) is 25.0 Å². The van der Waals surface area contributed by atoms with Crippen LogP contribution in [0.5, 0.6) is 0 Å². The fraction of sp³-hybridized carbons (Fsp3) is 0.320. The van der Waals surface area contributed by atoms with Gasteiger partial charge in [0.05, 0.1) is 22.7 Å². The number of nitrogens with one attached hydrogen (secondary N) is 2. The molecule has 2 heterocycles. The Kier molecular flexibility index (Phi) is 9.75. The van der Waals surface area contributed by atoms with Crippen LogP contribution in [0.25, 0.3) is 0 Å². The van der Waals surface area contributed by atoms with Crippen LogP contribution >= 0.6 is 22.9 Å². The summed E-state index contributed by atoms with van der Waals surface area (Å²) >= 11 is 7.41. The van der Waals surface area contributed by atoms with Crippen LogP contribution < -0.4 is 10.6 Å². The minimum absolute atomic E-state index is 0.110. The number of nitrogens with zero attached hydrogens (tertiary/aromatic N) is 3. The van der Waals surface area contributed by atoms with Gasteiger partial charge >= 0.3 is 0 Å². The first-order chi connectivity index (χ1) is 16.8. The van der Waals surface area contributed by atoms with Gasteiger partial charge in [-0.15, -0.1) is 11.3 Å². The fourth-order valence-electron chi connectivity index (χ4n) is 3.35. The van der Waals surface area contributed by atoms with E-state index in [0.717, 1.165) is 5.69 Å². The number of hydrogen-bond donors (Lipinski definition) is 2. The van der Waals surface area contributed by atoms with E-state index in [4.69, 9.17) is 11.6 Å². The van der Waals surface area contributed by atoms with Gasteiger partial charge in [0.2, 0.25) is 11.8 Å². The Morgan fingerprint density at radius 3 is 2.54 bits per heavy atom. The standard InChI is InChI=1S/C25H28ClN5O3S/c1-17(2)14-31(24(34)20-8-3-4-9-21(20)26)15-23(33)30-25-29-19(16-35-25)13-22(32)28-12-10-18-7-5-6-11-27-18/h3-9,11,16-17H,10,12-15H2,1-2H3,(H,28,32)(H,29,30,33). The molecular weight excluding hydrogens is 486 g/mol. The molecule has 0 fully saturated rings. The molecule has 0 unspecified atom stereocenters. The van der Waals surface area contributed by atoms with Crippen LogP contribution in [0.4, 0.5) is 5.13 Å². The molecule has 0 aliphatic heterocycles. The molecule has 8 nitrogen and oxygen atoms in total. The molecule has 0 radical (unpaired) electrons. The Labute approximate surface area is 213 Å². The summed E-state index contributed by atoms with van der Waals surface area (Å²) in [5.41, 5.74) is 1.83. The molecule has 1 aromatic carbocycles. The Hall–Kier alpha value is -3.30. The van der Waals surface area contributed by atoms with Crippen molar-refractivity contribution >= 4 is 45.8 Å². The van der Waals surface area contributed by atoms with Crippen LogP contribution in [0.15, 0.2) is 54.0 Å². The highest BCUT2D eigenvalue weighted by molar-refractivity contribution is 7.13. The summed E-state index contributed by atoms with van der Waals surface area (Å²) in [6, 6.07) is 12.4. The molecule has 0 saturated carbocycles. The van der Waals surface area contributed by atoms with Crippen molar-refractivity contribution in [3.8, 4) is 0 Å². The van der Waals surface area contributed by atoms with Gasteiger partial charge in [0, 0.05) is 36.8 Å². The summed E-state index contributed by atoms with van der Waals surface area (Å²) in [5.74, 6) is -0.664. The number of anilines is 1. The summed E-state index contributed by atoms with van der Waals surface area (Å²) in [5, 5.41) is 8.03. The van der Waals surface area contributed by atoms with E-state index >= 15 is 0 Å². The third-order valence-electron chi connectivity index (χ3n) is 4.88. The van der Waals surface area contributed by atoms with E-state index in [0.29, 0.717) is 40.9 Å². The maximum atomic E-state index is 13.0. The molecule has 0 saturated heterocycles.